The van der Waals surface area contributed by atoms with Crippen LogP contribution in [0, 0.1) is 0 Å². The molecule has 0 saturated heterocycles. The fourth-order valence-electron chi connectivity index (χ4n) is 0.994. The second-order valence-electron chi connectivity index (χ2n) is 2.86. The van der Waals surface area contributed by atoms with Crippen molar-refractivity contribution < 1.29 is 18.0 Å². The third-order valence-electron chi connectivity index (χ3n) is 1.53. The molecule has 6 heteroatoms. The molecule has 0 radical (unpaired) electrons. The molecule has 0 saturated carbocycles. The van der Waals surface area contributed by atoms with E-state index < -0.39 is 11.4 Å². The topological polar surface area (TPSA) is 43.1 Å². The van der Waals surface area contributed by atoms with Gasteiger partial charge in [-0.25, -0.2) is 0 Å². The molecule has 1 amide bonds. The first-order valence-electron chi connectivity index (χ1n) is 4.20. The molecule has 0 bridgehead atoms. The van der Waals surface area contributed by atoms with Crippen LogP contribution in [-0.2, 0) is 4.79 Å². The van der Waals surface area contributed by atoms with Crippen LogP contribution in [0.3, 0.4) is 0 Å². The number of amides is 1. The van der Waals surface area contributed by atoms with Gasteiger partial charge in [0.15, 0.2) is 0 Å². The first-order chi connectivity index (χ1) is 7.37. The number of benzene rings is 1. The van der Waals surface area contributed by atoms with Crippen LogP contribution in [-0.4, -0.2) is 11.4 Å². The van der Waals surface area contributed by atoms with E-state index in [1.807, 2.05) is 0 Å². The number of rotatable bonds is 3. The zero-order valence-electron chi connectivity index (χ0n) is 7.99. The van der Waals surface area contributed by atoms with Crippen molar-refractivity contribution >= 4 is 23.7 Å². The number of halogens is 3. The van der Waals surface area contributed by atoms with E-state index in [1.54, 1.807) is 6.07 Å². The van der Waals surface area contributed by atoms with Crippen LogP contribution < -0.4 is 5.73 Å². The highest BCUT2D eigenvalue weighted by Gasteiger charge is 2.29. The monoisotopic (exact) mass is 247 g/mol. The lowest BCUT2D eigenvalue weighted by Gasteiger charge is -2.05. The first-order valence-corrected chi connectivity index (χ1v) is 5.02. The average Bonchev–Trinajstić information content (AvgIpc) is 2.12. The number of hydrogen-bond acceptors (Lipinski definition) is 2. The molecule has 16 heavy (non-hydrogen) atoms. The minimum Gasteiger partial charge on any atom is -0.366 e. The molecule has 0 aliphatic carbocycles. The Morgan fingerprint density at radius 1 is 1.38 bits per heavy atom. The lowest BCUT2D eigenvalue weighted by atomic mass is 10.2. The van der Waals surface area contributed by atoms with Gasteiger partial charge >= 0.3 is 5.51 Å². The third-order valence-corrected chi connectivity index (χ3v) is 2.25. The van der Waals surface area contributed by atoms with Crippen LogP contribution in [0.25, 0.3) is 6.08 Å². The van der Waals surface area contributed by atoms with Crippen LogP contribution in [0.15, 0.2) is 35.2 Å². The van der Waals surface area contributed by atoms with E-state index in [0.29, 0.717) is 5.56 Å². The Balaban J connectivity index is 2.83. The van der Waals surface area contributed by atoms with Crippen molar-refractivity contribution in [2.75, 3.05) is 0 Å². The minimum absolute atomic E-state index is 0.0686. The Kier molecular flexibility index (Phi) is 4.00. The molecular weight excluding hydrogens is 239 g/mol. The largest absolute Gasteiger partial charge is 0.446 e. The number of nitrogens with two attached hydrogens (primary N) is 1. The van der Waals surface area contributed by atoms with Crippen molar-refractivity contribution in [2.24, 2.45) is 5.73 Å². The maximum absolute atomic E-state index is 12.1. The van der Waals surface area contributed by atoms with Gasteiger partial charge in [0.05, 0.1) is 0 Å². The summed E-state index contributed by atoms with van der Waals surface area (Å²) < 4.78 is 36.2. The lowest BCUT2D eigenvalue weighted by molar-refractivity contribution is -0.113. The number of alkyl halides is 3. The molecule has 86 valence electrons. The molecule has 1 aromatic carbocycles. The van der Waals surface area contributed by atoms with Gasteiger partial charge in [-0.3, -0.25) is 4.79 Å². The molecule has 2 nitrogen and oxygen atoms in total. The second kappa shape index (κ2) is 5.07. The van der Waals surface area contributed by atoms with Crippen LogP contribution in [0.1, 0.15) is 5.56 Å². The van der Waals surface area contributed by atoms with Gasteiger partial charge in [0.25, 0.3) is 0 Å². The molecule has 1 aromatic rings. The number of carbonyl (C=O) groups excluding carboxylic acids is 1. The van der Waals surface area contributed by atoms with Gasteiger partial charge in [0.1, 0.15) is 0 Å². The summed E-state index contributed by atoms with van der Waals surface area (Å²) in [5.41, 5.74) is 1.05. The summed E-state index contributed by atoms with van der Waals surface area (Å²) in [5.74, 6) is -0.645. The number of thioether (sulfide) groups is 1. The normalized spacial score (nSPS) is 11.9. The SMILES string of the molecule is NC(=O)C=Cc1cccc(SC(F)(F)F)c1. The van der Waals surface area contributed by atoms with E-state index in [-0.39, 0.29) is 16.7 Å². The number of hydrogen-bond donors (Lipinski definition) is 1. The molecule has 0 heterocycles. The maximum Gasteiger partial charge on any atom is 0.446 e. The summed E-state index contributed by atoms with van der Waals surface area (Å²) in [6.45, 7) is 0. The lowest BCUT2D eigenvalue weighted by Crippen LogP contribution is -2.05. The molecule has 0 aromatic heterocycles. The van der Waals surface area contributed by atoms with E-state index in [9.17, 15) is 18.0 Å². The summed E-state index contributed by atoms with van der Waals surface area (Å²) in [6, 6.07) is 5.74. The van der Waals surface area contributed by atoms with Gasteiger partial charge < -0.3 is 5.73 Å². The molecule has 0 atom stereocenters. The molecule has 2 N–H and O–H groups in total. The quantitative estimate of drug-likeness (QED) is 0.659. The van der Waals surface area contributed by atoms with Gasteiger partial charge in [-0.2, -0.15) is 13.2 Å². The number of carbonyl (C=O) groups is 1. The van der Waals surface area contributed by atoms with Gasteiger partial charge in [-0.15, -0.1) is 0 Å². The Hall–Kier alpha value is -1.43. The Bertz CT molecular complexity index is 415. The van der Waals surface area contributed by atoms with Gasteiger partial charge in [-0.1, -0.05) is 12.1 Å². The molecule has 0 unspecified atom stereocenters. The van der Waals surface area contributed by atoms with Gasteiger partial charge in [0.2, 0.25) is 5.91 Å². The van der Waals surface area contributed by atoms with Crippen LogP contribution in [0.4, 0.5) is 13.2 Å². The van der Waals surface area contributed by atoms with Crippen molar-refractivity contribution in [1.82, 2.24) is 0 Å². The average molecular weight is 247 g/mol. The molecule has 1 rings (SSSR count). The Morgan fingerprint density at radius 3 is 2.62 bits per heavy atom. The summed E-state index contributed by atoms with van der Waals surface area (Å²) in [4.78, 5) is 10.5. The Labute approximate surface area is 94.3 Å². The first kappa shape index (κ1) is 12.6. The van der Waals surface area contributed by atoms with E-state index in [2.05, 4.69) is 0 Å². The summed E-state index contributed by atoms with van der Waals surface area (Å²) in [7, 11) is 0. The zero-order valence-corrected chi connectivity index (χ0v) is 8.81. The van der Waals surface area contributed by atoms with Gasteiger partial charge in [0, 0.05) is 11.0 Å². The van der Waals surface area contributed by atoms with Crippen LogP contribution in [0.2, 0.25) is 0 Å². The van der Waals surface area contributed by atoms with E-state index in [1.165, 1.54) is 24.3 Å². The van der Waals surface area contributed by atoms with E-state index in [4.69, 9.17) is 5.73 Å². The van der Waals surface area contributed by atoms with Crippen molar-refractivity contribution in [3.63, 3.8) is 0 Å². The second-order valence-corrected chi connectivity index (χ2v) is 3.99. The maximum atomic E-state index is 12.1. The van der Waals surface area contributed by atoms with Gasteiger partial charge in [-0.05, 0) is 35.5 Å². The third kappa shape index (κ3) is 4.88. The van der Waals surface area contributed by atoms with E-state index in [0.717, 1.165) is 6.08 Å². The zero-order chi connectivity index (χ0) is 12.2. The van der Waals surface area contributed by atoms with Crippen molar-refractivity contribution in [1.29, 1.82) is 0 Å². The van der Waals surface area contributed by atoms with Crippen molar-refractivity contribution in [2.45, 2.75) is 10.4 Å². The summed E-state index contributed by atoms with van der Waals surface area (Å²) in [5, 5.41) is 0. The molecule has 0 fully saturated rings. The fraction of sp³-hybridized carbons (Fsp3) is 0.100. The minimum atomic E-state index is -4.31. The highest BCUT2D eigenvalue weighted by atomic mass is 32.2. The Morgan fingerprint density at radius 2 is 2.06 bits per heavy atom. The predicted octanol–water partition coefficient (Wildman–Crippen LogP) is 2.80. The highest BCUT2D eigenvalue weighted by Crippen LogP contribution is 2.36. The van der Waals surface area contributed by atoms with Crippen LogP contribution in [0.5, 0.6) is 0 Å². The predicted molar refractivity (Wildman–Crippen MR) is 56.6 cm³/mol. The van der Waals surface area contributed by atoms with Crippen molar-refractivity contribution in [3.8, 4) is 0 Å². The van der Waals surface area contributed by atoms with E-state index >= 15 is 0 Å². The standard InChI is InChI=1S/C10H8F3NOS/c11-10(12,13)16-8-3-1-2-7(6-8)4-5-9(14)15/h1-6H,(H2,14,15). The highest BCUT2D eigenvalue weighted by molar-refractivity contribution is 8.00. The molecular formula is C10H8F3NOS. The molecule has 0 aliphatic rings. The number of primary amides is 1. The molecule has 0 aliphatic heterocycles. The fourth-order valence-corrected chi connectivity index (χ4v) is 1.60. The summed E-state index contributed by atoms with van der Waals surface area (Å²) >= 11 is -0.201. The van der Waals surface area contributed by atoms with Crippen molar-refractivity contribution in [3.05, 3.63) is 35.9 Å². The smallest absolute Gasteiger partial charge is 0.366 e. The van der Waals surface area contributed by atoms with Crippen LogP contribution >= 0.6 is 11.8 Å². The molecule has 0 spiro atoms. The summed E-state index contributed by atoms with van der Waals surface area (Å²) in [6.07, 6.45) is 2.46.